The molecule has 1 aliphatic heterocycles. The van der Waals surface area contributed by atoms with Crippen molar-refractivity contribution in [2.45, 2.75) is 52.1 Å². The number of ether oxygens (including phenoxy) is 3. The van der Waals surface area contributed by atoms with Crippen LogP contribution in [0.15, 0.2) is 30.3 Å². The molecule has 3 aromatic carbocycles. The summed E-state index contributed by atoms with van der Waals surface area (Å²) in [5.74, 6) is -7.68. The van der Waals surface area contributed by atoms with Crippen molar-refractivity contribution >= 4 is 5.57 Å². The summed E-state index contributed by atoms with van der Waals surface area (Å²) in [5, 5.41) is 0. The first-order valence-corrected chi connectivity index (χ1v) is 13.3. The Bertz CT molecular complexity index is 1480. The van der Waals surface area contributed by atoms with Gasteiger partial charge in [0.2, 0.25) is 11.6 Å². The Kier molecular flexibility index (Phi) is 8.12. The SMILES string of the molecule is CCCCOc1cc2c(c(F)c1F)-c1c(cc(C3=CCC(c4ccc(OCC)c(F)c4F)OC3)c(F)c1F)CC2. The summed E-state index contributed by atoms with van der Waals surface area (Å²) in [5.41, 5.74) is 0.308. The van der Waals surface area contributed by atoms with Gasteiger partial charge in [0.25, 0.3) is 0 Å². The van der Waals surface area contributed by atoms with Crippen LogP contribution in [0.25, 0.3) is 16.7 Å². The van der Waals surface area contributed by atoms with Crippen LogP contribution in [0.3, 0.4) is 0 Å². The maximum atomic E-state index is 15.5. The quantitative estimate of drug-likeness (QED) is 0.204. The summed E-state index contributed by atoms with van der Waals surface area (Å²) in [7, 11) is 0. The molecule has 0 saturated heterocycles. The highest BCUT2D eigenvalue weighted by molar-refractivity contribution is 5.79. The molecule has 0 aromatic heterocycles. The number of unbranched alkanes of at least 4 members (excludes halogenated alkanes) is 1. The standard InChI is InChI=1S/C31H28F6O3/c1-3-5-12-39-23-14-17-7-6-16-13-20(27(33)30(36)24(16)25(17)31(37)29(23)35)18-8-10-21(40-15-18)19-9-11-22(38-4-2)28(34)26(19)32/h8-9,11,13-14,21H,3-7,10,12,15H2,1-2H3. The maximum absolute atomic E-state index is 15.5. The summed E-state index contributed by atoms with van der Waals surface area (Å²) in [6, 6.07) is 5.47. The first-order chi connectivity index (χ1) is 19.3. The number of hydrogen-bond acceptors (Lipinski definition) is 3. The van der Waals surface area contributed by atoms with Gasteiger partial charge in [0, 0.05) is 22.3 Å². The molecule has 2 aliphatic rings. The third kappa shape index (κ3) is 4.96. The van der Waals surface area contributed by atoms with Gasteiger partial charge in [-0.15, -0.1) is 0 Å². The minimum atomic E-state index is -1.28. The molecule has 1 unspecified atom stereocenters. The molecule has 1 heterocycles. The van der Waals surface area contributed by atoms with Gasteiger partial charge in [0.1, 0.15) is 0 Å². The van der Waals surface area contributed by atoms with Crippen molar-refractivity contribution in [3.05, 3.63) is 87.5 Å². The van der Waals surface area contributed by atoms with E-state index in [1.54, 1.807) is 13.0 Å². The topological polar surface area (TPSA) is 27.7 Å². The molecule has 0 spiro atoms. The van der Waals surface area contributed by atoms with Crippen LogP contribution in [-0.4, -0.2) is 19.8 Å². The van der Waals surface area contributed by atoms with E-state index in [4.69, 9.17) is 14.2 Å². The lowest BCUT2D eigenvalue weighted by molar-refractivity contribution is 0.0692. The smallest absolute Gasteiger partial charge is 0.201 e. The molecule has 1 atom stereocenters. The van der Waals surface area contributed by atoms with Crippen LogP contribution in [-0.2, 0) is 17.6 Å². The molecule has 9 heteroatoms. The lowest BCUT2D eigenvalue weighted by Crippen LogP contribution is -2.16. The van der Waals surface area contributed by atoms with Crippen LogP contribution in [0.1, 0.15) is 61.5 Å². The molecule has 3 aromatic rings. The van der Waals surface area contributed by atoms with Crippen LogP contribution < -0.4 is 9.47 Å². The van der Waals surface area contributed by atoms with Crippen molar-refractivity contribution in [1.29, 1.82) is 0 Å². The Balaban J connectivity index is 1.45. The molecule has 0 radical (unpaired) electrons. The van der Waals surface area contributed by atoms with Gasteiger partial charge >= 0.3 is 0 Å². The van der Waals surface area contributed by atoms with Crippen molar-refractivity contribution in [3.63, 3.8) is 0 Å². The normalized spacial score (nSPS) is 16.3. The van der Waals surface area contributed by atoms with Crippen molar-refractivity contribution in [2.75, 3.05) is 19.8 Å². The Morgan fingerprint density at radius 2 is 1.45 bits per heavy atom. The zero-order chi connectivity index (χ0) is 28.6. The number of fused-ring (bicyclic) bond motifs is 3. The van der Waals surface area contributed by atoms with E-state index in [9.17, 15) is 13.2 Å². The minimum Gasteiger partial charge on any atom is -0.491 e. The fourth-order valence-corrected chi connectivity index (χ4v) is 5.23. The van der Waals surface area contributed by atoms with E-state index in [0.29, 0.717) is 23.1 Å². The molecule has 1 aliphatic carbocycles. The lowest BCUT2D eigenvalue weighted by Gasteiger charge is -2.27. The molecule has 40 heavy (non-hydrogen) atoms. The van der Waals surface area contributed by atoms with Crippen molar-refractivity contribution in [2.24, 2.45) is 0 Å². The number of halogens is 6. The fourth-order valence-electron chi connectivity index (χ4n) is 5.23. The molecule has 0 N–H and O–H groups in total. The van der Waals surface area contributed by atoms with E-state index < -0.39 is 41.0 Å². The second-order valence-electron chi connectivity index (χ2n) is 9.80. The second kappa shape index (κ2) is 11.6. The molecule has 212 valence electrons. The van der Waals surface area contributed by atoms with Gasteiger partial charge in [-0.05, 0) is 73.6 Å². The summed E-state index contributed by atoms with van der Waals surface area (Å²) in [4.78, 5) is 0. The molecule has 0 amide bonds. The van der Waals surface area contributed by atoms with Gasteiger partial charge in [-0.3, -0.25) is 0 Å². The van der Waals surface area contributed by atoms with Gasteiger partial charge in [0.05, 0.1) is 25.9 Å². The van der Waals surface area contributed by atoms with Crippen molar-refractivity contribution < 1.29 is 40.6 Å². The number of benzene rings is 3. The highest BCUT2D eigenvalue weighted by atomic mass is 19.2. The van der Waals surface area contributed by atoms with Gasteiger partial charge < -0.3 is 14.2 Å². The fraction of sp³-hybridized carbons (Fsp3) is 0.355. The van der Waals surface area contributed by atoms with Crippen molar-refractivity contribution in [3.8, 4) is 22.6 Å². The maximum Gasteiger partial charge on any atom is 0.201 e. The minimum absolute atomic E-state index is 0.0134. The van der Waals surface area contributed by atoms with E-state index in [-0.39, 0.29) is 72.8 Å². The lowest BCUT2D eigenvalue weighted by atomic mass is 9.82. The first kappa shape index (κ1) is 28.1. The summed E-state index contributed by atoms with van der Waals surface area (Å²) < 4.78 is 106. The average Bonchev–Trinajstić information content (AvgIpc) is 2.96. The number of rotatable bonds is 8. The predicted octanol–water partition coefficient (Wildman–Crippen LogP) is 8.41. The van der Waals surface area contributed by atoms with Crippen LogP contribution in [0.2, 0.25) is 0 Å². The van der Waals surface area contributed by atoms with Crippen LogP contribution in [0, 0.1) is 34.9 Å². The van der Waals surface area contributed by atoms with E-state index in [1.807, 2.05) is 6.92 Å². The Hall–Kier alpha value is -3.46. The van der Waals surface area contributed by atoms with Crippen LogP contribution >= 0.6 is 0 Å². The van der Waals surface area contributed by atoms with Crippen LogP contribution in [0.5, 0.6) is 11.5 Å². The van der Waals surface area contributed by atoms with Gasteiger partial charge in [0.15, 0.2) is 34.8 Å². The highest BCUT2D eigenvalue weighted by Gasteiger charge is 2.32. The second-order valence-corrected chi connectivity index (χ2v) is 9.80. The van der Waals surface area contributed by atoms with E-state index >= 15 is 13.2 Å². The van der Waals surface area contributed by atoms with E-state index in [2.05, 4.69) is 0 Å². The summed E-state index contributed by atoms with van der Waals surface area (Å²) in [6.07, 6.45) is 2.87. The molecule has 5 rings (SSSR count). The molecular formula is C31H28F6O3. The molecule has 3 nitrogen and oxygen atoms in total. The van der Waals surface area contributed by atoms with Gasteiger partial charge in [-0.25, -0.2) is 17.6 Å². The zero-order valence-corrected chi connectivity index (χ0v) is 22.1. The van der Waals surface area contributed by atoms with Gasteiger partial charge in [-0.2, -0.15) is 8.78 Å². The average molecular weight is 563 g/mol. The van der Waals surface area contributed by atoms with Gasteiger partial charge in [-0.1, -0.05) is 19.4 Å². The molecule has 0 bridgehead atoms. The molecule has 0 saturated carbocycles. The molecule has 0 fully saturated rings. The van der Waals surface area contributed by atoms with E-state index in [1.165, 1.54) is 24.3 Å². The summed E-state index contributed by atoms with van der Waals surface area (Å²) in [6.45, 7) is 3.79. The highest BCUT2D eigenvalue weighted by Crippen LogP contribution is 2.44. The largest absolute Gasteiger partial charge is 0.491 e. The Labute approximate surface area is 228 Å². The Morgan fingerprint density at radius 1 is 0.775 bits per heavy atom. The monoisotopic (exact) mass is 562 g/mol. The number of hydrogen-bond donors (Lipinski definition) is 0. The summed E-state index contributed by atoms with van der Waals surface area (Å²) >= 11 is 0. The number of aryl methyl sites for hydroxylation is 2. The van der Waals surface area contributed by atoms with Crippen LogP contribution in [0.4, 0.5) is 26.3 Å². The Morgan fingerprint density at radius 3 is 2.10 bits per heavy atom. The zero-order valence-electron chi connectivity index (χ0n) is 22.1. The molecular weight excluding hydrogens is 534 g/mol. The predicted molar refractivity (Wildman–Crippen MR) is 138 cm³/mol. The third-order valence-corrected chi connectivity index (χ3v) is 7.30. The van der Waals surface area contributed by atoms with Crippen molar-refractivity contribution in [1.82, 2.24) is 0 Å². The first-order valence-electron chi connectivity index (χ1n) is 13.3. The third-order valence-electron chi connectivity index (χ3n) is 7.30. The van der Waals surface area contributed by atoms with E-state index in [0.717, 1.165) is 6.42 Å².